The standard InChI is InChI=1S/C35H28N2O2/c1-3-36-32-16-10-9-15-29(32)31-23-27(18-20-33(31)36)37(24-25-11-5-4-6-12-25)35(38)22-19-30-28-14-8-7-13-26(28)17-21-34(30)39-2/h4-18,20-21,23H,3,24H2,1-2H3. The Morgan fingerprint density at radius 3 is 2.31 bits per heavy atom. The molecule has 5 aromatic carbocycles. The van der Waals surface area contributed by atoms with Crippen molar-refractivity contribution in [2.45, 2.75) is 20.0 Å². The number of hydrogen-bond acceptors (Lipinski definition) is 2. The Labute approximate surface area is 228 Å². The van der Waals surface area contributed by atoms with Gasteiger partial charge in [-0.05, 0) is 48.2 Å². The molecule has 0 aliphatic carbocycles. The highest BCUT2D eigenvalue weighted by Crippen LogP contribution is 2.33. The minimum atomic E-state index is -0.271. The maximum absolute atomic E-state index is 13.8. The average molecular weight is 509 g/mol. The molecule has 190 valence electrons. The number of rotatable bonds is 5. The number of carbonyl (C=O) groups excluding carboxylic acids is 1. The predicted molar refractivity (Wildman–Crippen MR) is 160 cm³/mol. The van der Waals surface area contributed by atoms with E-state index in [-0.39, 0.29) is 5.91 Å². The number of nitrogens with zero attached hydrogens (tertiary/aromatic N) is 2. The van der Waals surface area contributed by atoms with E-state index >= 15 is 0 Å². The lowest BCUT2D eigenvalue weighted by Crippen LogP contribution is -2.29. The van der Waals surface area contributed by atoms with Crippen LogP contribution in [0.3, 0.4) is 0 Å². The largest absolute Gasteiger partial charge is 0.495 e. The molecule has 0 unspecified atom stereocenters. The first-order valence-corrected chi connectivity index (χ1v) is 13.1. The number of hydrogen-bond donors (Lipinski definition) is 0. The number of methoxy groups -OCH3 is 1. The second-order valence-electron chi connectivity index (χ2n) is 9.45. The number of fused-ring (bicyclic) bond motifs is 4. The topological polar surface area (TPSA) is 34.5 Å². The van der Waals surface area contributed by atoms with Crippen LogP contribution < -0.4 is 9.64 Å². The van der Waals surface area contributed by atoms with Crippen LogP contribution in [0.5, 0.6) is 5.75 Å². The van der Waals surface area contributed by atoms with E-state index in [9.17, 15) is 4.79 Å². The summed E-state index contributed by atoms with van der Waals surface area (Å²) >= 11 is 0. The summed E-state index contributed by atoms with van der Waals surface area (Å²) in [7, 11) is 1.63. The summed E-state index contributed by atoms with van der Waals surface area (Å²) < 4.78 is 7.91. The van der Waals surface area contributed by atoms with E-state index in [0.717, 1.165) is 39.5 Å². The van der Waals surface area contributed by atoms with Crippen molar-refractivity contribution < 1.29 is 9.53 Å². The van der Waals surface area contributed by atoms with Gasteiger partial charge in [0.25, 0.3) is 0 Å². The fourth-order valence-corrected chi connectivity index (χ4v) is 5.33. The first kappa shape index (κ1) is 24.3. The van der Waals surface area contributed by atoms with Crippen LogP contribution in [-0.2, 0) is 17.9 Å². The van der Waals surface area contributed by atoms with Gasteiger partial charge < -0.3 is 9.30 Å². The van der Waals surface area contributed by atoms with E-state index in [1.54, 1.807) is 12.0 Å². The summed E-state index contributed by atoms with van der Waals surface area (Å²) in [6.45, 7) is 3.44. The van der Waals surface area contributed by atoms with Gasteiger partial charge in [0.2, 0.25) is 0 Å². The van der Waals surface area contributed by atoms with Crippen LogP contribution in [0.15, 0.2) is 109 Å². The number of anilines is 1. The van der Waals surface area contributed by atoms with E-state index in [1.807, 2.05) is 72.8 Å². The molecule has 6 aromatic rings. The molecule has 0 spiro atoms. The molecule has 0 N–H and O–H groups in total. The first-order chi connectivity index (χ1) is 19.2. The molecule has 0 atom stereocenters. The molecule has 6 rings (SSSR count). The normalized spacial score (nSPS) is 10.9. The van der Waals surface area contributed by atoms with Crippen molar-refractivity contribution in [1.82, 2.24) is 4.57 Å². The first-order valence-electron chi connectivity index (χ1n) is 13.1. The molecule has 0 bridgehead atoms. The van der Waals surface area contributed by atoms with E-state index in [0.29, 0.717) is 17.9 Å². The van der Waals surface area contributed by atoms with Crippen molar-refractivity contribution in [2.24, 2.45) is 0 Å². The van der Waals surface area contributed by atoms with Crippen LogP contribution in [0.1, 0.15) is 18.1 Å². The molecular weight excluding hydrogens is 480 g/mol. The molecule has 0 fully saturated rings. The minimum absolute atomic E-state index is 0.271. The second-order valence-corrected chi connectivity index (χ2v) is 9.45. The maximum Gasteiger partial charge on any atom is 0.303 e. The average Bonchev–Trinajstić information content (AvgIpc) is 3.31. The van der Waals surface area contributed by atoms with Gasteiger partial charge in [-0.1, -0.05) is 84.8 Å². The van der Waals surface area contributed by atoms with E-state index in [2.05, 4.69) is 59.7 Å². The van der Waals surface area contributed by atoms with Gasteiger partial charge >= 0.3 is 5.91 Å². The summed E-state index contributed by atoms with van der Waals surface area (Å²) in [5.41, 5.74) is 4.91. The molecule has 1 amide bonds. The maximum atomic E-state index is 13.8. The third-order valence-corrected chi connectivity index (χ3v) is 7.22. The van der Waals surface area contributed by atoms with Crippen molar-refractivity contribution in [2.75, 3.05) is 12.0 Å². The molecule has 0 saturated heterocycles. The molecule has 0 aliphatic heterocycles. The minimum Gasteiger partial charge on any atom is -0.495 e. The number of carbonyl (C=O) groups is 1. The zero-order chi connectivity index (χ0) is 26.8. The van der Waals surface area contributed by atoms with Gasteiger partial charge in [0.1, 0.15) is 5.75 Å². The van der Waals surface area contributed by atoms with Crippen molar-refractivity contribution in [3.63, 3.8) is 0 Å². The predicted octanol–water partition coefficient (Wildman–Crippen LogP) is 7.56. The van der Waals surface area contributed by atoms with Crippen LogP contribution in [0.4, 0.5) is 5.69 Å². The third kappa shape index (κ3) is 4.49. The van der Waals surface area contributed by atoms with Crippen LogP contribution in [-0.4, -0.2) is 17.6 Å². The lowest BCUT2D eigenvalue weighted by Gasteiger charge is -2.21. The molecule has 4 heteroatoms. The van der Waals surface area contributed by atoms with Gasteiger partial charge in [-0.15, -0.1) is 0 Å². The molecule has 1 heterocycles. The van der Waals surface area contributed by atoms with Gasteiger partial charge in [0, 0.05) is 45.3 Å². The Bertz CT molecular complexity index is 1890. The molecule has 4 nitrogen and oxygen atoms in total. The Morgan fingerprint density at radius 1 is 0.795 bits per heavy atom. The summed E-state index contributed by atoms with van der Waals surface area (Å²) in [4.78, 5) is 15.6. The van der Waals surface area contributed by atoms with E-state index in [1.165, 1.54) is 10.9 Å². The molecule has 1 aromatic heterocycles. The summed E-state index contributed by atoms with van der Waals surface area (Å²) in [5.74, 6) is 6.47. The van der Waals surface area contributed by atoms with Gasteiger partial charge in [-0.25, -0.2) is 0 Å². The summed E-state index contributed by atoms with van der Waals surface area (Å²) in [6.07, 6.45) is 0. The molecule has 0 radical (unpaired) electrons. The molecule has 0 aliphatic rings. The third-order valence-electron chi connectivity index (χ3n) is 7.22. The highest BCUT2D eigenvalue weighted by atomic mass is 16.5. The lowest BCUT2D eigenvalue weighted by atomic mass is 10.0. The van der Waals surface area contributed by atoms with Gasteiger partial charge in [-0.3, -0.25) is 9.69 Å². The number of ether oxygens (including phenoxy) is 1. The summed E-state index contributed by atoms with van der Waals surface area (Å²) in [5, 5.41) is 4.31. The second kappa shape index (κ2) is 10.4. The number of aromatic nitrogens is 1. The Hall–Kier alpha value is -5.01. The van der Waals surface area contributed by atoms with Crippen LogP contribution >= 0.6 is 0 Å². The highest BCUT2D eigenvalue weighted by Gasteiger charge is 2.18. The van der Waals surface area contributed by atoms with Crippen molar-refractivity contribution in [3.05, 3.63) is 120 Å². The monoisotopic (exact) mass is 508 g/mol. The fraction of sp³-hybridized carbons (Fsp3) is 0.114. The zero-order valence-electron chi connectivity index (χ0n) is 22.0. The van der Waals surface area contributed by atoms with Crippen LogP contribution in [0.2, 0.25) is 0 Å². The fourth-order valence-electron chi connectivity index (χ4n) is 5.33. The lowest BCUT2D eigenvalue weighted by molar-refractivity contribution is -0.113. The Morgan fingerprint density at radius 2 is 1.51 bits per heavy atom. The van der Waals surface area contributed by atoms with Gasteiger partial charge in [-0.2, -0.15) is 0 Å². The van der Waals surface area contributed by atoms with Crippen molar-refractivity contribution in [1.29, 1.82) is 0 Å². The molecule has 0 saturated carbocycles. The Balaban J connectivity index is 1.47. The number of benzene rings is 5. The smallest absolute Gasteiger partial charge is 0.303 e. The van der Waals surface area contributed by atoms with E-state index in [4.69, 9.17) is 4.74 Å². The Kier molecular flexibility index (Phi) is 6.49. The van der Waals surface area contributed by atoms with Crippen LogP contribution in [0.25, 0.3) is 32.6 Å². The summed E-state index contributed by atoms with van der Waals surface area (Å²) in [6, 6.07) is 36.6. The van der Waals surface area contributed by atoms with Crippen molar-refractivity contribution in [3.8, 4) is 17.6 Å². The van der Waals surface area contributed by atoms with Gasteiger partial charge in [0.15, 0.2) is 0 Å². The SMILES string of the molecule is CCn1c2ccccc2c2cc(N(Cc3ccccc3)C(=O)C#Cc3c(OC)ccc4ccccc34)ccc21. The van der Waals surface area contributed by atoms with Gasteiger partial charge in [0.05, 0.1) is 19.2 Å². The molecular formula is C35H28N2O2. The number of amides is 1. The van der Waals surface area contributed by atoms with Crippen molar-refractivity contribution >= 4 is 44.2 Å². The van der Waals surface area contributed by atoms with E-state index < -0.39 is 0 Å². The molecule has 39 heavy (non-hydrogen) atoms. The number of para-hydroxylation sites is 1. The highest BCUT2D eigenvalue weighted by molar-refractivity contribution is 6.12. The zero-order valence-corrected chi connectivity index (χ0v) is 22.0. The van der Waals surface area contributed by atoms with Crippen LogP contribution in [0, 0.1) is 11.8 Å². The number of aryl methyl sites for hydroxylation is 1. The quantitative estimate of drug-likeness (QED) is 0.225.